The molecule has 0 saturated carbocycles. The lowest BCUT2D eigenvalue weighted by atomic mass is 10.1. The number of carbonyl (C=O) groups is 1. The van der Waals surface area contributed by atoms with Gasteiger partial charge < -0.3 is 0 Å². The highest BCUT2D eigenvalue weighted by atomic mass is 16.7. The van der Waals surface area contributed by atoms with Crippen molar-refractivity contribution in [1.29, 1.82) is 0 Å². The Hall–Kier alpha value is -1.35. The van der Waals surface area contributed by atoms with Crippen LogP contribution in [0.3, 0.4) is 0 Å². The Balaban J connectivity index is 2.59. The van der Waals surface area contributed by atoms with Gasteiger partial charge in [-0.2, -0.15) is 0 Å². The molecule has 1 N–H and O–H groups in total. The van der Waals surface area contributed by atoms with Crippen LogP contribution in [0.2, 0.25) is 0 Å². The SMILES string of the molecule is CCc1ccc(C(=O)NOC(C)(C)C)cc1. The van der Waals surface area contributed by atoms with Gasteiger partial charge in [-0.3, -0.25) is 9.63 Å². The second-order valence-electron chi connectivity index (χ2n) is 4.70. The number of amides is 1. The third-order valence-electron chi connectivity index (χ3n) is 2.07. The molecule has 0 saturated heterocycles. The van der Waals surface area contributed by atoms with Gasteiger partial charge >= 0.3 is 0 Å². The van der Waals surface area contributed by atoms with Crippen LogP contribution in [0.1, 0.15) is 43.6 Å². The van der Waals surface area contributed by atoms with Crippen molar-refractivity contribution in [2.45, 2.75) is 39.7 Å². The van der Waals surface area contributed by atoms with E-state index in [1.165, 1.54) is 5.56 Å². The molecule has 0 radical (unpaired) electrons. The van der Waals surface area contributed by atoms with Crippen LogP contribution in [0, 0.1) is 0 Å². The zero-order valence-corrected chi connectivity index (χ0v) is 10.3. The van der Waals surface area contributed by atoms with E-state index in [1.54, 1.807) is 12.1 Å². The Labute approximate surface area is 96.8 Å². The van der Waals surface area contributed by atoms with E-state index in [9.17, 15) is 4.79 Å². The Morgan fingerprint density at radius 2 is 1.81 bits per heavy atom. The quantitative estimate of drug-likeness (QED) is 0.797. The van der Waals surface area contributed by atoms with Crippen molar-refractivity contribution in [2.24, 2.45) is 0 Å². The summed E-state index contributed by atoms with van der Waals surface area (Å²) in [5, 5.41) is 0. The van der Waals surface area contributed by atoms with Gasteiger partial charge in [-0.05, 0) is 44.9 Å². The van der Waals surface area contributed by atoms with E-state index >= 15 is 0 Å². The highest BCUT2D eigenvalue weighted by Crippen LogP contribution is 2.07. The van der Waals surface area contributed by atoms with Crippen LogP contribution in [0.4, 0.5) is 0 Å². The van der Waals surface area contributed by atoms with E-state index in [4.69, 9.17) is 4.84 Å². The Bertz CT molecular complexity index is 349. The molecule has 3 heteroatoms. The largest absolute Gasteiger partial charge is 0.274 e. The second kappa shape index (κ2) is 5.12. The fourth-order valence-electron chi connectivity index (χ4n) is 1.15. The lowest BCUT2D eigenvalue weighted by Gasteiger charge is -2.18. The van der Waals surface area contributed by atoms with Crippen molar-refractivity contribution in [1.82, 2.24) is 5.48 Å². The number of aryl methyl sites for hydroxylation is 1. The minimum atomic E-state index is -0.376. The van der Waals surface area contributed by atoms with E-state index < -0.39 is 0 Å². The van der Waals surface area contributed by atoms with Gasteiger partial charge in [0.25, 0.3) is 5.91 Å². The maximum Gasteiger partial charge on any atom is 0.274 e. The molecular weight excluding hydrogens is 202 g/mol. The molecule has 16 heavy (non-hydrogen) atoms. The van der Waals surface area contributed by atoms with Crippen molar-refractivity contribution >= 4 is 5.91 Å². The summed E-state index contributed by atoms with van der Waals surface area (Å²) in [6, 6.07) is 7.51. The van der Waals surface area contributed by atoms with Crippen LogP contribution in [-0.4, -0.2) is 11.5 Å². The monoisotopic (exact) mass is 221 g/mol. The predicted octanol–water partition coefficient (Wildman–Crippen LogP) is 2.71. The first-order valence-corrected chi connectivity index (χ1v) is 5.49. The number of carbonyl (C=O) groups excluding carboxylic acids is 1. The van der Waals surface area contributed by atoms with Crippen LogP contribution in [0.25, 0.3) is 0 Å². The van der Waals surface area contributed by atoms with E-state index in [0.29, 0.717) is 5.56 Å². The number of rotatable bonds is 3. The fourth-order valence-corrected chi connectivity index (χ4v) is 1.15. The number of nitrogens with one attached hydrogen (secondary N) is 1. The van der Waals surface area contributed by atoms with E-state index in [2.05, 4.69) is 12.4 Å². The van der Waals surface area contributed by atoms with Crippen molar-refractivity contribution < 1.29 is 9.63 Å². The van der Waals surface area contributed by atoms with E-state index in [0.717, 1.165) is 6.42 Å². The molecule has 0 fully saturated rings. The van der Waals surface area contributed by atoms with Crippen LogP contribution in [0.5, 0.6) is 0 Å². The molecule has 0 spiro atoms. The topological polar surface area (TPSA) is 38.3 Å². The van der Waals surface area contributed by atoms with Gasteiger partial charge in [0.2, 0.25) is 0 Å². The molecule has 0 aliphatic carbocycles. The summed E-state index contributed by atoms with van der Waals surface area (Å²) in [6.45, 7) is 7.73. The average Bonchev–Trinajstić information content (AvgIpc) is 2.25. The van der Waals surface area contributed by atoms with Crippen LogP contribution >= 0.6 is 0 Å². The number of hydrogen-bond acceptors (Lipinski definition) is 2. The molecule has 0 atom stereocenters. The summed E-state index contributed by atoms with van der Waals surface area (Å²) >= 11 is 0. The first kappa shape index (κ1) is 12.7. The Morgan fingerprint density at radius 3 is 2.25 bits per heavy atom. The van der Waals surface area contributed by atoms with E-state index in [-0.39, 0.29) is 11.5 Å². The molecular formula is C13H19NO2. The molecule has 0 aromatic heterocycles. The fraction of sp³-hybridized carbons (Fsp3) is 0.462. The van der Waals surface area contributed by atoms with Crippen LogP contribution < -0.4 is 5.48 Å². The predicted molar refractivity (Wildman–Crippen MR) is 64.1 cm³/mol. The highest BCUT2D eigenvalue weighted by molar-refractivity contribution is 5.93. The molecule has 1 aromatic rings. The molecule has 0 aliphatic rings. The average molecular weight is 221 g/mol. The van der Waals surface area contributed by atoms with Crippen LogP contribution in [0.15, 0.2) is 24.3 Å². The summed E-state index contributed by atoms with van der Waals surface area (Å²) in [6.07, 6.45) is 0.973. The number of hydrogen-bond donors (Lipinski definition) is 1. The molecule has 0 unspecified atom stereocenters. The minimum Gasteiger partial charge on any atom is -0.268 e. The summed E-state index contributed by atoms with van der Waals surface area (Å²) in [5.74, 6) is -0.211. The first-order chi connectivity index (χ1) is 7.42. The minimum absolute atomic E-state index is 0.211. The molecule has 88 valence electrons. The zero-order valence-electron chi connectivity index (χ0n) is 10.3. The molecule has 0 heterocycles. The van der Waals surface area contributed by atoms with Crippen LogP contribution in [-0.2, 0) is 11.3 Å². The van der Waals surface area contributed by atoms with Crippen molar-refractivity contribution in [3.05, 3.63) is 35.4 Å². The first-order valence-electron chi connectivity index (χ1n) is 5.49. The maximum absolute atomic E-state index is 11.7. The summed E-state index contributed by atoms with van der Waals surface area (Å²) in [4.78, 5) is 16.9. The lowest BCUT2D eigenvalue weighted by molar-refractivity contribution is -0.0589. The molecule has 3 nitrogen and oxygen atoms in total. The molecule has 0 aliphatic heterocycles. The van der Waals surface area contributed by atoms with Crippen molar-refractivity contribution in [3.63, 3.8) is 0 Å². The number of benzene rings is 1. The molecule has 1 aromatic carbocycles. The standard InChI is InChI=1S/C13H19NO2/c1-5-10-6-8-11(9-7-10)12(15)14-16-13(2,3)4/h6-9H,5H2,1-4H3,(H,14,15). The van der Waals surface area contributed by atoms with Crippen molar-refractivity contribution in [2.75, 3.05) is 0 Å². The third-order valence-corrected chi connectivity index (χ3v) is 2.07. The van der Waals surface area contributed by atoms with Gasteiger partial charge in [0.05, 0.1) is 5.60 Å². The summed E-state index contributed by atoms with van der Waals surface area (Å²) in [7, 11) is 0. The summed E-state index contributed by atoms with van der Waals surface area (Å²) in [5.41, 5.74) is 3.89. The van der Waals surface area contributed by atoms with Gasteiger partial charge in [-0.25, -0.2) is 5.48 Å². The normalized spacial score (nSPS) is 11.2. The second-order valence-corrected chi connectivity index (χ2v) is 4.70. The number of hydroxylamine groups is 1. The van der Waals surface area contributed by atoms with Gasteiger partial charge in [-0.1, -0.05) is 19.1 Å². The highest BCUT2D eigenvalue weighted by Gasteiger charge is 2.13. The Kier molecular flexibility index (Phi) is 4.07. The van der Waals surface area contributed by atoms with E-state index in [1.807, 2.05) is 32.9 Å². The Morgan fingerprint density at radius 1 is 1.25 bits per heavy atom. The maximum atomic E-state index is 11.7. The van der Waals surface area contributed by atoms with Crippen molar-refractivity contribution in [3.8, 4) is 0 Å². The van der Waals surface area contributed by atoms with Gasteiger partial charge in [-0.15, -0.1) is 0 Å². The smallest absolute Gasteiger partial charge is 0.268 e. The lowest BCUT2D eigenvalue weighted by Crippen LogP contribution is -2.33. The third kappa shape index (κ3) is 4.03. The zero-order chi connectivity index (χ0) is 12.2. The summed E-state index contributed by atoms with van der Waals surface area (Å²) < 4.78 is 0. The van der Waals surface area contributed by atoms with Gasteiger partial charge in [0.1, 0.15) is 0 Å². The molecule has 1 rings (SSSR count). The molecule has 1 amide bonds. The molecule has 0 bridgehead atoms. The van der Waals surface area contributed by atoms with Gasteiger partial charge in [0.15, 0.2) is 0 Å². The van der Waals surface area contributed by atoms with Gasteiger partial charge in [0, 0.05) is 5.56 Å².